The fourth-order valence-electron chi connectivity index (χ4n) is 4.36. The van der Waals surface area contributed by atoms with Gasteiger partial charge in [0.1, 0.15) is 16.3 Å². The van der Waals surface area contributed by atoms with E-state index in [9.17, 15) is 22.9 Å². The Labute approximate surface area is 229 Å². The molecule has 198 valence electrons. The molecule has 0 spiro atoms. The zero-order chi connectivity index (χ0) is 27.3. The second-order valence-corrected chi connectivity index (χ2v) is 11.4. The van der Waals surface area contributed by atoms with Crippen molar-refractivity contribution in [2.75, 3.05) is 24.5 Å². The van der Waals surface area contributed by atoms with Crippen LogP contribution in [0.3, 0.4) is 0 Å². The van der Waals surface area contributed by atoms with Crippen LogP contribution in [0.2, 0.25) is 0 Å². The summed E-state index contributed by atoms with van der Waals surface area (Å²) in [7, 11) is -2.73. The molecule has 0 saturated heterocycles. The van der Waals surface area contributed by atoms with Gasteiger partial charge in [0.05, 0.1) is 23.9 Å². The maximum absolute atomic E-state index is 13.7. The molecule has 3 aromatic rings. The minimum atomic E-state index is -4.10. The number of fused-ring (bicyclic) bond motifs is 1. The SMILES string of the molecule is COc1ccc(N=O)cc1S(=O)(=O)N(CCCCCCN1C(=O)c2ccccc2C1=O)c1ccc(Br)cc1. The van der Waals surface area contributed by atoms with Gasteiger partial charge in [0, 0.05) is 17.6 Å². The molecule has 2 amide bonds. The molecule has 11 heteroatoms. The van der Waals surface area contributed by atoms with Gasteiger partial charge in [-0.2, -0.15) is 0 Å². The Kier molecular flexibility index (Phi) is 8.58. The first-order valence-corrected chi connectivity index (χ1v) is 14.3. The molecule has 4 rings (SSSR count). The van der Waals surface area contributed by atoms with Crippen molar-refractivity contribution < 1.29 is 22.7 Å². The van der Waals surface area contributed by atoms with Gasteiger partial charge in [-0.1, -0.05) is 40.9 Å². The van der Waals surface area contributed by atoms with Gasteiger partial charge in [-0.05, 0) is 72.6 Å². The zero-order valence-corrected chi connectivity index (χ0v) is 23.1. The Hall–Kier alpha value is -3.57. The Balaban J connectivity index is 1.43. The Morgan fingerprint density at radius 3 is 2.13 bits per heavy atom. The number of halogens is 1. The first kappa shape index (κ1) is 27.5. The maximum atomic E-state index is 13.7. The van der Waals surface area contributed by atoms with Gasteiger partial charge in [0.25, 0.3) is 21.8 Å². The van der Waals surface area contributed by atoms with Gasteiger partial charge in [0.15, 0.2) is 0 Å². The number of ether oxygens (including phenoxy) is 1. The molecule has 9 nitrogen and oxygen atoms in total. The molecule has 38 heavy (non-hydrogen) atoms. The summed E-state index contributed by atoms with van der Waals surface area (Å²) in [5.74, 6) is -0.446. The third-order valence-corrected chi connectivity index (χ3v) is 8.68. The topological polar surface area (TPSA) is 113 Å². The van der Waals surface area contributed by atoms with Crippen molar-refractivity contribution in [1.82, 2.24) is 4.90 Å². The van der Waals surface area contributed by atoms with Crippen LogP contribution in [0.25, 0.3) is 0 Å². The number of hydrogen-bond acceptors (Lipinski definition) is 7. The molecule has 1 heterocycles. The number of methoxy groups -OCH3 is 1. The minimum absolute atomic E-state index is 0.0201. The van der Waals surface area contributed by atoms with Crippen molar-refractivity contribution in [1.29, 1.82) is 0 Å². The van der Waals surface area contributed by atoms with Crippen molar-refractivity contribution >= 4 is 49.1 Å². The predicted octanol–water partition coefficient (Wildman–Crippen LogP) is 5.91. The molecule has 0 N–H and O–H groups in total. The highest BCUT2D eigenvalue weighted by Gasteiger charge is 2.34. The molecular weight excluding hydrogens is 574 g/mol. The van der Waals surface area contributed by atoms with E-state index >= 15 is 0 Å². The number of carbonyl (C=O) groups excluding carboxylic acids is 2. The second-order valence-electron chi connectivity index (χ2n) is 8.70. The molecule has 0 saturated carbocycles. The third-order valence-electron chi connectivity index (χ3n) is 6.31. The van der Waals surface area contributed by atoms with E-state index < -0.39 is 10.0 Å². The first-order valence-electron chi connectivity index (χ1n) is 12.0. The molecule has 0 aliphatic carbocycles. The van der Waals surface area contributed by atoms with E-state index in [0.29, 0.717) is 49.0 Å². The van der Waals surface area contributed by atoms with E-state index in [-0.39, 0.29) is 34.7 Å². The summed E-state index contributed by atoms with van der Waals surface area (Å²) in [6, 6.07) is 17.7. The van der Waals surface area contributed by atoms with Gasteiger partial charge < -0.3 is 4.74 Å². The highest BCUT2D eigenvalue weighted by Crippen LogP contribution is 2.34. The molecule has 3 aromatic carbocycles. The molecule has 1 aliphatic rings. The Morgan fingerprint density at radius 1 is 0.895 bits per heavy atom. The number of nitrogens with zero attached hydrogens (tertiary/aromatic N) is 3. The third kappa shape index (κ3) is 5.63. The van der Waals surface area contributed by atoms with E-state index in [4.69, 9.17) is 4.74 Å². The van der Waals surface area contributed by atoms with Crippen LogP contribution in [0, 0.1) is 4.91 Å². The summed E-state index contributed by atoms with van der Waals surface area (Å²) in [5.41, 5.74) is 1.30. The van der Waals surface area contributed by atoms with Crippen molar-refractivity contribution in [2.24, 2.45) is 5.18 Å². The van der Waals surface area contributed by atoms with Crippen LogP contribution in [0.15, 0.2) is 81.3 Å². The van der Waals surface area contributed by atoms with Gasteiger partial charge >= 0.3 is 0 Å². The van der Waals surface area contributed by atoms with E-state index in [1.54, 1.807) is 48.5 Å². The van der Waals surface area contributed by atoms with Crippen molar-refractivity contribution in [3.05, 3.63) is 87.2 Å². The number of carbonyl (C=O) groups is 2. The van der Waals surface area contributed by atoms with Crippen LogP contribution in [0.5, 0.6) is 5.75 Å². The lowest BCUT2D eigenvalue weighted by molar-refractivity contribution is 0.0651. The van der Waals surface area contributed by atoms with E-state index in [0.717, 1.165) is 4.47 Å². The minimum Gasteiger partial charge on any atom is -0.495 e. The highest BCUT2D eigenvalue weighted by atomic mass is 79.9. The lowest BCUT2D eigenvalue weighted by atomic mass is 10.1. The lowest BCUT2D eigenvalue weighted by Gasteiger charge is -2.25. The van der Waals surface area contributed by atoms with Crippen LogP contribution < -0.4 is 9.04 Å². The van der Waals surface area contributed by atoms with E-state index in [2.05, 4.69) is 21.1 Å². The van der Waals surface area contributed by atoms with Gasteiger partial charge in [0.2, 0.25) is 0 Å². The molecule has 0 bridgehead atoms. The van der Waals surface area contributed by atoms with Crippen LogP contribution in [-0.2, 0) is 10.0 Å². The summed E-state index contributed by atoms with van der Waals surface area (Å²) in [4.78, 5) is 37.3. The number of benzene rings is 3. The Bertz CT molecular complexity index is 1420. The highest BCUT2D eigenvalue weighted by molar-refractivity contribution is 9.10. The number of hydrogen-bond donors (Lipinski definition) is 0. The van der Waals surface area contributed by atoms with Gasteiger partial charge in [-0.25, -0.2) is 8.42 Å². The molecule has 0 atom stereocenters. The van der Waals surface area contributed by atoms with E-state index in [1.165, 1.54) is 34.5 Å². The summed E-state index contributed by atoms with van der Waals surface area (Å²) < 4.78 is 34.9. The predicted molar refractivity (Wildman–Crippen MR) is 147 cm³/mol. The normalized spacial score (nSPS) is 12.9. The number of imide groups is 1. The smallest absolute Gasteiger partial charge is 0.268 e. The molecular formula is C27H26BrN3O6S. The number of amides is 2. The largest absolute Gasteiger partial charge is 0.495 e. The Morgan fingerprint density at radius 2 is 1.53 bits per heavy atom. The molecule has 0 aromatic heterocycles. The van der Waals surface area contributed by atoms with Crippen LogP contribution in [0.1, 0.15) is 46.4 Å². The second kappa shape index (κ2) is 11.9. The molecule has 0 fully saturated rings. The van der Waals surface area contributed by atoms with Crippen molar-refractivity contribution in [2.45, 2.75) is 30.6 Å². The van der Waals surface area contributed by atoms with Crippen molar-refractivity contribution in [3.63, 3.8) is 0 Å². The van der Waals surface area contributed by atoms with E-state index in [1.807, 2.05) is 0 Å². The zero-order valence-electron chi connectivity index (χ0n) is 20.7. The van der Waals surface area contributed by atoms with Gasteiger partial charge in [-0.15, -0.1) is 4.91 Å². The molecule has 0 radical (unpaired) electrons. The summed E-state index contributed by atoms with van der Waals surface area (Å²) >= 11 is 3.37. The monoisotopic (exact) mass is 599 g/mol. The van der Waals surface area contributed by atoms with Crippen molar-refractivity contribution in [3.8, 4) is 5.75 Å². The number of sulfonamides is 1. The fourth-order valence-corrected chi connectivity index (χ4v) is 6.30. The van der Waals surface area contributed by atoms with Crippen LogP contribution in [0.4, 0.5) is 11.4 Å². The van der Waals surface area contributed by atoms with Crippen LogP contribution >= 0.6 is 15.9 Å². The quantitative estimate of drug-likeness (QED) is 0.145. The lowest BCUT2D eigenvalue weighted by Crippen LogP contribution is -2.32. The number of nitroso groups, excluding NO2 is 1. The molecule has 1 aliphatic heterocycles. The standard InChI is InChI=1S/C27H26BrN3O6S/c1-37-24-15-12-20(29-34)18-25(24)38(35,36)31(21-13-10-19(28)11-14-21)17-7-3-2-6-16-30-26(32)22-8-4-5-9-23(22)27(30)33/h4-5,8-15,18H,2-3,6-7,16-17H2,1H3. The number of rotatable bonds is 12. The summed E-state index contributed by atoms with van der Waals surface area (Å²) in [6.45, 7) is 0.489. The molecule has 0 unspecified atom stereocenters. The average molecular weight is 600 g/mol. The fraction of sp³-hybridized carbons (Fsp3) is 0.259. The maximum Gasteiger partial charge on any atom is 0.268 e. The first-order chi connectivity index (χ1) is 18.3. The van der Waals surface area contributed by atoms with Gasteiger partial charge in [-0.3, -0.25) is 18.8 Å². The van der Waals surface area contributed by atoms with Crippen LogP contribution in [-0.4, -0.2) is 45.3 Å². The summed E-state index contributed by atoms with van der Waals surface area (Å²) in [5, 5.41) is 2.87. The number of anilines is 1. The number of unbranched alkanes of at least 4 members (excludes halogenated alkanes) is 3. The summed E-state index contributed by atoms with van der Waals surface area (Å²) in [6.07, 6.45) is 2.52. The average Bonchev–Trinajstić information content (AvgIpc) is 3.17.